The predicted octanol–water partition coefficient (Wildman–Crippen LogP) is 5.18. The minimum absolute atomic E-state index is 0.0584. The third-order valence-corrected chi connectivity index (χ3v) is 7.93. The molecule has 1 saturated heterocycles. The number of pyridine rings is 1. The highest BCUT2D eigenvalue weighted by molar-refractivity contribution is 8.26. The number of nitrogens with zero attached hydrogens (tertiary/aromatic N) is 3. The number of amides is 1. The van der Waals surface area contributed by atoms with Gasteiger partial charge < -0.3 is 14.8 Å². The summed E-state index contributed by atoms with van der Waals surface area (Å²) in [6.45, 7) is 5.06. The number of rotatable bonds is 8. The van der Waals surface area contributed by atoms with Gasteiger partial charge in [-0.2, -0.15) is 5.26 Å². The van der Waals surface area contributed by atoms with Crippen LogP contribution in [0.1, 0.15) is 41.2 Å². The van der Waals surface area contributed by atoms with Crippen LogP contribution in [0.2, 0.25) is 0 Å². The number of aromatic nitrogens is 1. The summed E-state index contributed by atoms with van der Waals surface area (Å²) in [5.74, 6) is 1.69. The monoisotopic (exact) mass is 558 g/mol. The van der Waals surface area contributed by atoms with Gasteiger partial charge in [-0.05, 0) is 48.2 Å². The fourth-order valence-electron chi connectivity index (χ4n) is 4.56. The Morgan fingerprint density at radius 2 is 1.90 bits per heavy atom. The highest BCUT2D eigenvalue weighted by Gasteiger charge is 2.33. The molecule has 2 aliphatic rings. The van der Waals surface area contributed by atoms with Gasteiger partial charge >= 0.3 is 0 Å². The van der Waals surface area contributed by atoms with Crippen LogP contribution in [-0.4, -0.2) is 26.5 Å². The van der Waals surface area contributed by atoms with E-state index < -0.39 is 0 Å². The summed E-state index contributed by atoms with van der Waals surface area (Å²) in [7, 11) is 0. The van der Waals surface area contributed by atoms with Gasteiger partial charge in [-0.25, -0.2) is 0 Å². The van der Waals surface area contributed by atoms with Crippen LogP contribution in [0.15, 0.2) is 58.2 Å². The van der Waals surface area contributed by atoms with Crippen LogP contribution in [0, 0.1) is 18.3 Å². The molecule has 1 fully saturated rings. The summed E-state index contributed by atoms with van der Waals surface area (Å²) in [6.07, 6.45) is 2.43. The molecular weight excluding hydrogens is 532 g/mol. The first kappa shape index (κ1) is 26.5. The third-order valence-electron chi connectivity index (χ3n) is 6.55. The maximum Gasteiger partial charge on any atom is 0.270 e. The zero-order valence-electron chi connectivity index (χ0n) is 21.5. The van der Waals surface area contributed by atoms with Gasteiger partial charge in [0.05, 0.1) is 11.4 Å². The van der Waals surface area contributed by atoms with E-state index in [0.29, 0.717) is 63.7 Å². The summed E-state index contributed by atoms with van der Waals surface area (Å²) in [4.78, 5) is 28.7. The fraction of sp³-hybridized carbons (Fsp3) is 0.241. The minimum atomic E-state index is -0.362. The molecule has 0 bridgehead atoms. The van der Waals surface area contributed by atoms with Crippen LogP contribution in [0.3, 0.4) is 0 Å². The Kier molecular flexibility index (Phi) is 7.72. The lowest BCUT2D eigenvalue weighted by Crippen LogP contribution is -2.28. The number of hydrogen-bond donors (Lipinski definition) is 1. The lowest BCUT2D eigenvalue weighted by atomic mass is 10.0. The highest BCUT2D eigenvalue weighted by Crippen LogP contribution is 2.36. The number of ether oxygens (including phenoxy) is 2. The first-order valence-electron chi connectivity index (χ1n) is 12.5. The summed E-state index contributed by atoms with van der Waals surface area (Å²) >= 11 is 6.77. The van der Waals surface area contributed by atoms with Gasteiger partial charge in [0.1, 0.15) is 21.8 Å². The Hall–Kier alpha value is -4.07. The maximum absolute atomic E-state index is 13.4. The zero-order chi connectivity index (χ0) is 27.5. The van der Waals surface area contributed by atoms with Gasteiger partial charge in [0, 0.05) is 18.7 Å². The molecule has 198 valence electrons. The SMILES string of the molecule is CCCn1c(NCc2ccc3c(c2)OCO3)c(/C=C2/SC(=S)N(Cc3ccccc3)C2=O)c(C)c(C#N)c1=O. The number of hydrogen-bond acceptors (Lipinski definition) is 8. The van der Waals surface area contributed by atoms with E-state index >= 15 is 0 Å². The highest BCUT2D eigenvalue weighted by atomic mass is 32.2. The molecule has 0 saturated carbocycles. The minimum Gasteiger partial charge on any atom is -0.454 e. The van der Waals surface area contributed by atoms with Crippen molar-refractivity contribution in [3.05, 3.63) is 91.6 Å². The molecule has 0 aliphatic carbocycles. The normalized spacial score (nSPS) is 15.2. The predicted molar refractivity (Wildman–Crippen MR) is 155 cm³/mol. The molecule has 1 N–H and O–H groups in total. The molecule has 0 atom stereocenters. The van der Waals surface area contributed by atoms with Crippen molar-refractivity contribution in [3.8, 4) is 17.6 Å². The molecule has 2 aliphatic heterocycles. The number of fused-ring (bicyclic) bond motifs is 1. The van der Waals surface area contributed by atoms with Crippen molar-refractivity contribution in [2.45, 2.75) is 39.9 Å². The number of thiocarbonyl (C=S) groups is 1. The largest absolute Gasteiger partial charge is 0.454 e. The molecule has 5 rings (SSSR count). The van der Waals surface area contributed by atoms with Gasteiger partial charge in [-0.15, -0.1) is 0 Å². The quantitative estimate of drug-likeness (QED) is 0.298. The Bertz CT molecular complexity index is 1590. The first-order valence-corrected chi connectivity index (χ1v) is 13.7. The molecule has 3 aromatic rings. The van der Waals surface area contributed by atoms with Gasteiger partial charge in [0.15, 0.2) is 11.5 Å². The average molecular weight is 559 g/mol. The Labute approximate surface area is 235 Å². The first-order chi connectivity index (χ1) is 18.9. The van der Waals surface area contributed by atoms with Crippen LogP contribution >= 0.6 is 24.0 Å². The molecule has 8 nitrogen and oxygen atoms in total. The second-order valence-electron chi connectivity index (χ2n) is 9.13. The second-order valence-corrected chi connectivity index (χ2v) is 10.8. The van der Waals surface area contributed by atoms with Crippen LogP contribution in [0.25, 0.3) is 6.08 Å². The van der Waals surface area contributed by atoms with Crippen molar-refractivity contribution in [2.24, 2.45) is 0 Å². The number of benzene rings is 2. The number of nitriles is 1. The van der Waals surface area contributed by atoms with E-state index in [2.05, 4.69) is 11.4 Å². The number of thioether (sulfide) groups is 1. The number of carbonyl (C=O) groups is 1. The topological polar surface area (TPSA) is 96.6 Å². The smallest absolute Gasteiger partial charge is 0.270 e. The molecule has 0 spiro atoms. The zero-order valence-corrected chi connectivity index (χ0v) is 23.2. The Morgan fingerprint density at radius 3 is 2.64 bits per heavy atom. The average Bonchev–Trinajstić information content (AvgIpc) is 3.51. The molecule has 39 heavy (non-hydrogen) atoms. The van der Waals surface area contributed by atoms with Crippen molar-refractivity contribution < 1.29 is 14.3 Å². The summed E-state index contributed by atoms with van der Waals surface area (Å²) in [5, 5.41) is 13.2. The van der Waals surface area contributed by atoms with Gasteiger partial charge in [0.25, 0.3) is 11.5 Å². The molecule has 2 aromatic carbocycles. The molecular formula is C29H26N4O4S2. The molecule has 3 heterocycles. The van der Waals surface area contributed by atoms with Crippen LogP contribution in [0.4, 0.5) is 5.82 Å². The molecule has 1 aromatic heterocycles. The van der Waals surface area contributed by atoms with E-state index in [1.165, 1.54) is 11.8 Å². The summed E-state index contributed by atoms with van der Waals surface area (Å²) in [5.41, 5.74) is 2.72. The summed E-state index contributed by atoms with van der Waals surface area (Å²) < 4.78 is 12.9. The van der Waals surface area contributed by atoms with E-state index in [1.807, 2.05) is 55.5 Å². The molecule has 1 amide bonds. The molecule has 0 radical (unpaired) electrons. The van der Waals surface area contributed by atoms with E-state index in [4.69, 9.17) is 21.7 Å². The number of carbonyl (C=O) groups excluding carboxylic acids is 1. The van der Waals surface area contributed by atoms with Gasteiger partial charge in [-0.1, -0.05) is 67.3 Å². The van der Waals surface area contributed by atoms with Crippen LogP contribution < -0.4 is 20.3 Å². The van der Waals surface area contributed by atoms with Crippen molar-refractivity contribution >= 4 is 46.1 Å². The number of anilines is 1. The third kappa shape index (κ3) is 5.28. The Balaban J connectivity index is 1.54. The fourth-order valence-corrected chi connectivity index (χ4v) is 5.80. The summed E-state index contributed by atoms with van der Waals surface area (Å²) in [6, 6.07) is 17.4. The van der Waals surface area contributed by atoms with E-state index in [-0.39, 0.29) is 23.8 Å². The standard InChI is InChI=1S/C29H26N4O4S2/c1-3-11-32-26(31-15-20-9-10-23-24(12-20)37-17-36-23)21(18(2)22(14-30)27(32)34)13-25-28(35)33(29(38)39-25)16-19-7-5-4-6-8-19/h4-10,12-13,31H,3,11,15-17H2,1-2H3/b25-13+. The number of nitrogens with one attached hydrogen (secondary N) is 1. The Morgan fingerprint density at radius 1 is 1.13 bits per heavy atom. The maximum atomic E-state index is 13.4. The van der Waals surface area contributed by atoms with E-state index in [0.717, 1.165) is 11.1 Å². The van der Waals surface area contributed by atoms with E-state index in [1.54, 1.807) is 22.5 Å². The van der Waals surface area contributed by atoms with Crippen molar-refractivity contribution in [2.75, 3.05) is 12.1 Å². The van der Waals surface area contributed by atoms with Crippen LogP contribution in [0.5, 0.6) is 11.5 Å². The lowest BCUT2D eigenvalue weighted by Gasteiger charge is -2.20. The van der Waals surface area contributed by atoms with Crippen molar-refractivity contribution in [1.29, 1.82) is 5.26 Å². The van der Waals surface area contributed by atoms with Crippen molar-refractivity contribution in [3.63, 3.8) is 0 Å². The lowest BCUT2D eigenvalue weighted by molar-refractivity contribution is -0.122. The van der Waals surface area contributed by atoms with E-state index in [9.17, 15) is 14.9 Å². The van der Waals surface area contributed by atoms with Gasteiger partial charge in [-0.3, -0.25) is 19.1 Å². The molecule has 10 heteroatoms. The van der Waals surface area contributed by atoms with Crippen molar-refractivity contribution in [1.82, 2.24) is 9.47 Å². The molecule has 0 unspecified atom stereocenters. The second kappa shape index (κ2) is 11.4. The van der Waals surface area contributed by atoms with Gasteiger partial charge in [0.2, 0.25) is 6.79 Å². The van der Waals surface area contributed by atoms with Crippen LogP contribution in [-0.2, 0) is 24.4 Å².